The smallest absolute Gasteiger partial charge is 0.227 e. The van der Waals surface area contributed by atoms with Crippen molar-refractivity contribution in [3.63, 3.8) is 0 Å². The van der Waals surface area contributed by atoms with Crippen LogP contribution in [0.25, 0.3) is 0 Å². The van der Waals surface area contributed by atoms with Crippen molar-refractivity contribution in [2.45, 2.75) is 72.3 Å². The van der Waals surface area contributed by atoms with Gasteiger partial charge in [0.1, 0.15) is 0 Å². The molecule has 3 rings (SSSR count). The maximum Gasteiger partial charge on any atom is 0.227 e. The molecule has 154 valence electrons. The van der Waals surface area contributed by atoms with E-state index in [-0.39, 0.29) is 30.2 Å². The van der Waals surface area contributed by atoms with Gasteiger partial charge in [0.15, 0.2) is 0 Å². The van der Waals surface area contributed by atoms with Crippen LogP contribution >= 0.6 is 11.6 Å². The summed E-state index contributed by atoms with van der Waals surface area (Å²) in [6, 6.07) is 5.81. The van der Waals surface area contributed by atoms with Crippen molar-refractivity contribution in [2.75, 3.05) is 11.4 Å². The van der Waals surface area contributed by atoms with Crippen LogP contribution in [0.2, 0.25) is 5.02 Å². The van der Waals surface area contributed by atoms with Crippen LogP contribution in [0.4, 0.5) is 5.69 Å². The van der Waals surface area contributed by atoms with Crippen LogP contribution in [-0.2, 0) is 9.59 Å². The van der Waals surface area contributed by atoms with Crippen LogP contribution in [0.5, 0.6) is 0 Å². The van der Waals surface area contributed by atoms with Gasteiger partial charge in [-0.15, -0.1) is 0 Å². The highest BCUT2D eigenvalue weighted by Crippen LogP contribution is 2.40. The molecule has 1 heterocycles. The standard InChI is InChI=1S/C23H33ClN2O2/c1-5-23(3,4)17-9-11-18(12-10-17)25-22(28)16-13-21(27)26(14-16)20-8-6-7-19(24)15(20)2/h6-8,16-18H,5,9-14H2,1-4H3,(H,25,28)/t16-,17?,18?/m1/s1. The van der Waals surface area contributed by atoms with Crippen molar-refractivity contribution in [2.24, 2.45) is 17.3 Å². The number of benzene rings is 1. The fourth-order valence-corrected chi connectivity index (χ4v) is 4.80. The molecule has 1 saturated heterocycles. The predicted molar refractivity (Wildman–Crippen MR) is 115 cm³/mol. The van der Waals surface area contributed by atoms with Gasteiger partial charge in [0.25, 0.3) is 0 Å². The van der Waals surface area contributed by atoms with Crippen molar-refractivity contribution in [3.05, 3.63) is 28.8 Å². The molecule has 1 aromatic carbocycles. The van der Waals surface area contributed by atoms with Gasteiger partial charge in [-0.25, -0.2) is 0 Å². The van der Waals surface area contributed by atoms with E-state index in [0.29, 0.717) is 17.0 Å². The molecule has 1 N–H and O–H groups in total. The van der Waals surface area contributed by atoms with Gasteiger partial charge in [0.05, 0.1) is 5.92 Å². The topological polar surface area (TPSA) is 49.4 Å². The van der Waals surface area contributed by atoms with Crippen molar-refractivity contribution in [1.82, 2.24) is 5.32 Å². The molecule has 5 heteroatoms. The average Bonchev–Trinajstić information content (AvgIpc) is 3.06. The lowest BCUT2D eigenvalue weighted by Gasteiger charge is -2.39. The minimum absolute atomic E-state index is 0.001000. The van der Waals surface area contributed by atoms with Gasteiger partial charge in [0.2, 0.25) is 11.8 Å². The van der Waals surface area contributed by atoms with Gasteiger partial charge in [-0.05, 0) is 61.6 Å². The molecular weight excluding hydrogens is 372 g/mol. The Bertz CT molecular complexity index is 738. The Kier molecular flexibility index (Phi) is 6.38. The quantitative estimate of drug-likeness (QED) is 0.741. The Morgan fingerprint density at radius 1 is 1.25 bits per heavy atom. The Hall–Kier alpha value is -1.55. The highest BCUT2D eigenvalue weighted by Gasteiger charge is 2.37. The molecule has 0 aromatic heterocycles. The molecule has 1 atom stereocenters. The van der Waals surface area contributed by atoms with Gasteiger partial charge >= 0.3 is 0 Å². The highest BCUT2D eigenvalue weighted by atomic mass is 35.5. The number of hydrogen-bond acceptors (Lipinski definition) is 2. The van der Waals surface area contributed by atoms with Crippen molar-refractivity contribution in [1.29, 1.82) is 0 Å². The number of hydrogen-bond donors (Lipinski definition) is 1. The second kappa shape index (κ2) is 8.44. The molecule has 0 bridgehead atoms. The Morgan fingerprint density at radius 2 is 1.93 bits per heavy atom. The first-order chi connectivity index (χ1) is 13.2. The normalized spacial score (nSPS) is 25.8. The summed E-state index contributed by atoms with van der Waals surface area (Å²) < 4.78 is 0. The van der Waals surface area contributed by atoms with Gasteiger partial charge in [0, 0.05) is 29.7 Å². The number of amides is 2. The Labute approximate surface area is 174 Å². The van der Waals surface area contributed by atoms with Crippen LogP contribution in [0.1, 0.15) is 64.9 Å². The SMILES string of the molecule is CCC(C)(C)C1CCC(NC(=O)[C@@H]2CC(=O)N(c3cccc(Cl)c3C)C2)CC1. The van der Waals surface area contributed by atoms with E-state index in [4.69, 9.17) is 11.6 Å². The van der Waals surface area contributed by atoms with E-state index in [1.54, 1.807) is 4.90 Å². The lowest BCUT2D eigenvalue weighted by Crippen LogP contribution is -2.43. The molecule has 1 aliphatic heterocycles. The number of nitrogens with one attached hydrogen (secondary N) is 1. The van der Waals surface area contributed by atoms with E-state index in [1.165, 1.54) is 19.3 Å². The molecule has 1 saturated carbocycles. The van der Waals surface area contributed by atoms with Crippen LogP contribution in [0.3, 0.4) is 0 Å². The maximum atomic E-state index is 12.8. The number of carbonyl (C=O) groups is 2. The monoisotopic (exact) mass is 404 g/mol. The van der Waals surface area contributed by atoms with Crippen molar-refractivity contribution < 1.29 is 9.59 Å². The number of carbonyl (C=O) groups excluding carboxylic acids is 2. The third kappa shape index (κ3) is 4.37. The molecule has 0 unspecified atom stereocenters. The van der Waals surface area contributed by atoms with E-state index in [2.05, 4.69) is 26.1 Å². The molecule has 0 radical (unpaired) electrons. The molecule has 2 amide bonds. The largest absolute Gasteiger partial charge is 0.353 e. The molecule has 28 heavy (non-hydrogen) atoms. The summed E-state index contributed by atoms with van der Waals surface area (Å²) in [6.45, 7) is 9.32. The second-order valence-electron chi connectivity index (χ2n) is 9.19. The van der Waals surface area contributed by atoms with Gasteiger partial charge in [-0.1, -0.05) is 44.9 Å². The van der Waals surface area contributed by atoms with Crippen LogP contribution in [0.15, 0.2) is 18.2 Å². The zero-order chi connectivity index (χ0) is 20.5. The zero-order valence-electron chi connectivity index (χ0n) is 17.6. The van der Waals surface area contributed by atoms with E-state index in [9.17, 15) is 9.59 Å². The summed E-state index contributed by atoms with van der Waals surface area (Å²) in [7, 11) is 0. The lowest BCUT2D eigenvalue weighted by atomic mass is 9.69. The lowest BCUT2D eigenvalue weighted by molar-refractivity contribution is -0.127. The molecule has 0 spiro atoms. The number of halogens is 1. The van der Waals surface area contributed by atoms with Crippen LogP contribution in [-0.4, -0.2) is 24.4 Å². The van der Waals surface area contributed by atoms with E-state index in [0.717, 1.165) is 30.0 Å². The fraction of sp³-hybridized carbons (Fsp3) is 0.652. The number of rotatable bonds is 5. The Morgan fingerprint density at radius 3 is 2.57 bits per heavy atom. The minimum atomic E-state index is -0.282. The first kappa shape index (κ1) is 21.2. The van der Waals surface area contributed by atoms with Crippen molar-refractivity contribution >= 4 is 29.1 Å². The van der Waals surface area contributed by atoms with E-state index < -0.39 is 0 Å². The van der Waals surface area contributed by atoms with Crippen LogP contribution in [0, 0.1) is 24.2 Å². The highest BCUT2D eigenvalue weighted by molar-refractivity contribution is 6.31. The summed E-state index contributed by atoms with van der Waals surface area (Å²) in [6.07, 6.45) is 5.88. The number of nitrogens with zero attached hydrogens (tertiary/aromatic N) is 1. The average molecular weight is 405 g/mol. The van der Waals surface area contributed by atoms with E-state index >= 15 is 0 Å². The molecular formula is C23H33ClN2O2. The van der Waals surface area contributed by atoms with Crippen LogP contribution < -0.4 is 10.2 Å². The molecule has 4 nitrogen and oxygen atoms in total. The van der Waals surface area contributed by atoms with Gasteiger partial charge < -0.3 is 10.2 Å². The maximum absolute atomic E-state index is 12.8. The van der Waals surface area contributed by atoms with E-state index in [1.807, 2.05) is 25.1 Å². The summed E-state index contributed by atoms with van der Waals surface area (Å²) in [4.78, 5) is 27.1. The van der Waals surface area contributed by atoms with Crippen molar-refractivity contribution in [3.8, 4) is 0 Å². The molecule has 1 aromatic rings. The van der Waals surface area contributed by atoms with Gasteiger partial charge in [-0.2, -0.15) is 0 Å². The summed E-state index contributed by atoms with van der Waals surface area (Å²) in [5.41, 5.74) is 2.08. The first-order valence-electron chi connectivity index (χ1n) is 10.6. The fourth-order valence-electron chi connectivity index (χ4n) is 4.63. The summed E-state index contributed by atoms with van der Waals surface area (Å²) in [5.74, 6) is 0.475. The molecule has 2 fully saturated rings. The second-order valence-corrected chi connectivity index (χ2v) is 9.60. The summed E-state index contributed by atoms with van der Waals surface area (Å²) in [5, 5.41) is 3.87. The third-order valence-corrected chi connectivity index (χ3v) is 7.53. The molecule has 1 aliphatic carbocycles. The first-order valence-corrected chi connectivity index (χ1v) is 11.0. The number of anilines is 1. The molecule has 2 aliphatic rings. The Balaban J connectivity index is 1.56. The zero-order valence-corrected chi connectivity index (χ0v) is 18.3. The minimum Gasteiger partial charge on any atom is -0.353 e. The third-order valence-electron chi connectivity index (χ3n) is 7.12. The predicted octanol–water partition coefficient (Wildman–Crippen LogP) is 5.11. The summed E-state index contributed by atoms with van der Waals surface area (Å²) >= 11 is 6.20. The van der Waals surface area contributed by atoms with Gasteiger partial charge in [-0.3, -0.25) is 9.59 Å².